The van der Waals surface area contributed by atoms with Crippen molar-refractivity contribution in [1.29, 1.82) is 0 Å². The smallest absolute Gasteiger partial charge is 0.225 e. The van der Waals surface area contributed by atoms with Crippen LogP contribution in [0, 0.1) is 11.7 Å². The molecule has 1 amide bonds. The monoisotopic (exact) mass is 387 g/mol. The van der Waals surface area contributed by atoms with Crippen molar-refractivity contribution < 1.29 is 9.18 Å². The summed E-state index contributed by atoms with van der Waals surface area (Å²) >= 11 is 0. The highest BCUT2D eigenvalue weighted by molar-refractivity contribution is 5.79. The van der Waals surface area contributed by atoms with Crippen LogP contribution in [0.25, 0.3) is 0 Å². The predicted octanol–water partition coefficient (Wildman–Crippen LogP) is 3.91. The van der Waals surface area contributed by atoms with E-state index >= 15 is 0 Å². The fraction of sp³-hybridized carbons (Fsp3) is 0.696. The molecule has 0 aromatic heterocycles. The number of anilines is 1. The molecule has 0 radical (unpaired) electrons. The number of piperazine rings is 1. The third-order valence-corrected chi connectivity index (χ3v) is 7.28. The van der Waals surface area contributed by atoms with Crippen LogP contribution in [0.2, 0.25) is 0 Å². The Morgan fingerprint density at radius 2 is 1.68 bits per heavy atom. The van der Waals surface area contributed by atoms with Crippen LogP contribution in [0.1, 0.15) is 51.4 Å². The average molecular weight is 388 g/mol. The number of carbonyl (C=O) groups excluding carboxylic acids is 1. The fourth-order valence-corrected chi connectivity index (χ4v) is 5.45. The largest absolute Gasteiger partial charge is 0.372 e. The lowest BCUT2D eigenvalue weighted by Gasteiger charge is -2.41. The van der Waals surface area contributed by atoms with E-state index in [1.807, 2.05) is 13.1 Å². The van der Waals surface area contributed by atoms with Gasteiger partial charge in [-0.25, -0.2) is 4.39 Å². The van der Waals surface area contributed by atoms with Crippen molar-refractivity contribution in [2.75, 3.05) is 38.1 Å². The van der Waals surface area contributed by atoms with E-state index in [2.05, 4.69) is 14.7 Å². The standard InChI is InChI=1S/C23H34FN3O/c1-25(22-8-4-5-19(24)17-22)20-11-9-18(10-12-20)23(28)27-15-13-26(14-16-27)21-6-2-3-7-21/h4-5,8,17-18,20-21H,2-3,6-7,9-16H2,1H3. The Morgan fingerprint density at radius 1 is 1.00 bits per heavy atom. The minimum absolute atomic E-state index is 0.176. The van der Waals surface area contributed by atoms with E-state index in [-0.39, 0.29) is 11.7 Å². The van der Waals surface area contributed by atoms with E-state index in [1.165, 1.54) is 31.7 Å². The van der Waals surface area contributed by atoms with Crippen molar-refractivity contribution in [3.05, 3.63) is 30.1 Å². The van der Waals surface area contributed by atoms with Crippen LogP contribution in [-0.4, -0.2) is 61.0 Å². The van der Waals surface area contributed by atoms with Gasteiger partial charge in [-0.2, -0.15) is 0 Å². The topological polar surface area (TPSA) is 26.8 Å². The van der Waals surface area contributed by atoms with Gasteiger partial charge in [0.1, 0.15) is 5.82 Å². The maximum absolute atomic E-state index is 13.5. The lowest BCUT2D eigenvalue weighted by atomic mass is 9.84. The molecule has 0 unspecified atom stereocenters. The van der Waals surface area contributed by atoms with Gasteiger partial charge >= 0.3 is 0 Å². The van der Waals surface area contributed by atoms with E-state index in [1.54, 1.807) is 12.1 Å². The molecule has 0 N–H and O–H groups in total. The summed E-state index contributed by atoms with van der Waals surface area (Å²) in [5, 5.41) is 0. The Morgan fingerprint density at radius 3 is 2.32 bits per heavy atom. The number of rotatable bonds is 4. The van der Waals surface area contributed by atoms with Crippen LogP contribution in [0.5, 0.6) is 0 Å². The van der Waals surface area contributed by atoms with Gasteiger partial charge in [-0.1, -0.05) is 18.9 Å². The Hall–Kier alpha value is -1.62. The first-order valence-corrected chi connectivity index (χ1v) is 11.1. The molecule has 4 nitrogen and oxygen atoms in total. The van der Waals surface area contributed by atoms with Crippen molar-refractivity contribution in [3.8, 4) is 0 Å². The Kier molecular flexibility index (Phi) is 6.19. The summed E-state index contributed by atoms with van der Waals surface area (Å²) < 4.78 is 13.5. The molecule has 1 aliphatic heterocycles. The molecule has 2 saturated carbocycles. The first-order valence-electron chi connectivity index (χ1n) is 11.1. The SMILES string of the molecule is CN(c1cccc(F)c1)C1CCC(C(=O)N2CCN(C3CCCC3)CC2)CC1. The van der Waals surface area contributed by atoms with Crippen LogP contribution >= 0.6 is 0 Å². The number of halogens is 1. The van der Waals surface area contributed by atoms with Gasteiger partial charge in [-0.3, -0.25) is 9.69 Å². The molecule has 0 spiro atoms. The van der Waals surface area contributed by atoms with Crippen LogP contribution in [0.3, 0.4) is 0 Å². The predicted molar refractivity (Wildman–Crippen MR) is 111 cm³/mol. The van der Waals surface area contributed by atoms with Gasteiger partial charge in [0.2, 0.25) is 5.91 Å². The summed E-state index contributed by atoms with van der Waals surface area (Å²) in [4.78, 5) is 19.9. The molecular weight excluding hydrogens is 353 g/mol. The number of hydrogen-bond acceptors (Lipinski definition) is 3. The van der Waals surface area contributed by atoms with Gasteiger partial charge in [0.05, 0.1) is 0 Å². The van der Waals surface area contributed by atoms with Crippen LogP contribution in [-0.2, 0) is 4.79 Å². The van der Waals surface area contributed by atoms with E-state index in [4.69, 9.17) is 0 Å². The summed E-state index contributed by atoms with van der Waals surface area (Å²) in [6.45, 7) is 3.90. The number of amides is 1. The second-order valence-electron chi connectivity index (χ2n) is 8.90. The van der Waals surface area contributed by atoms with Crippen LogP contribution in [0.4, 0.5) is 10.1 Å². The summed E-state index contributed by atoms with van der Waals surface area (Å²) in [5.74, 6) is 0.359. The lowest BCUT2D eigenvalue weighted by Crippen LogP contribution is -2.53. The molecule has 154 valence electrons. The molecule has 1 aromatic rings. The third-order valence-electron chi connectivity index (χ3n) is 7.28. The minimum atomic E-state index is -0.190. The van der Waals surface area contributed by atoms with Crippen LogP contribution in [0.15, 0.2) is 24.3 Å². The lowest BCUT2D eigenvalue weighted by molar-refractivity contribution is -0.138. The summed E-state index contributed by atoms with van der Waals surface area (Å²) in [6.07, 6.45) is 9.34. The molecule has 3 aliphatic rings. The molecule has 2 aliphatic carbocycles. The quantitative estimate of drug-likeness (QED) is 0.784. The molecule has 1 heterocycles. The van der Waals surface area contributed by atoms with E-state index in [9.17, 15) is 9.18 Å². The molecule has 1 saturated heterocycles. The van der Waals surface area contributed by atoms with Gasteiger partial charge in [0, 0.05) is 56.9 Å². The zero-order chi connectivity index (χ0) is 19.5. The van der Waals surface area contributed by atoms with E-state index in [0.717, 1.165) is 63.6 Å². The molecular formula is C23H34FN3O. The number of benzene rings is 1. The first-order chi connectivity index (χ1) is 13.6. The van der Waals surface area contributed by atoms with Crippen molar-refractivity contribution >= 4 is 11.6 Å². The molecule has 4 rings (SSSR count). The average Bonchev–Trinajstić information content (AvgIpc) is 3.28. The second kappa shape index (κ2) is 8.81. The summed E-state index contributed by atoms with van der Waals surface area (Å²) in [7, 11) is 2.05. The van der Waals surface area contributed by atoms with Crippen molar-refractivity contribution in [1.82, 2.24) is 9.80 Å². The highest BCUT2D eigenvalue weighted by Crippen LogP contribution is 2.31. The summed E-state index contributed by atoms with van der Waals surface area (Å²) in [6, 6.07) is 7.97. The highest BCUT2D eigenvalue weighted by Gasteiger charge is 2.33. The van der Waals surface area contributed by atoms with Crippen LogP contribution < -0.4 is 4.90 Å². The van der Waals surface area contributed by atoms with Crippen molar-refractivity contribution in [3.63, 3.8) is 0 Å². The van der Waals surface area contributed by atoms with Gasteiger partial charge in [0.25, 0.3) is 0 Å². The van der Waals surface area contributed by atoms with Crippen molar-refractivity contribution in [2.45, 2.75) is 63.5 Å². The first kappa shape index (κ1) is 19.7. The zero-order valence-corrected chi connectivity index (χ0v) is 17.2. The number of hydrogen-bond donors (Lipinski definition) is 0. The molecule has 0 atom stereocenters. The Balaban J connectivity index is 1.25. The molecule has 0 bridgehead atoms. The van der Waals surface area contributed by atoms with E-state index in [0.29, 0.717) is 11.9 Å². The van der Waals surface area contributed by atoms with E-state index < -0.39 is 0 Å². The maximum Gasteiger partial charge on any atom is 0.225 e. The third kappa shape index (κ3) is 4.35. The summed E-state index contributed by atoms with van der Waals surface area (Å²) in [5.41, 5.74) is 0.929. The zero-order valence-electron chi connectivity index (χ0n) is 17.2. The molecule has 1 aromatic carbocycles. The van der Waals surface area contributed by atoms with Gasteiger partial charge in [-0.05, 0) is 56.7 Å². The fourth-order valence-electron chi connectivity index (χ4n) is 5.45. The number of carbonyl (C=O) groups is 1. The normalized spacial score (nSPS) is 27.1. The molecule has 5 heteroatoms. The van der Waals surface area contributed by atoms with Gasteiger partial charge in [0.15, 0.2) is 0 Å². The second-order valence-corrected chi connectivity index (χ2v) is 8.90. The minimum Gasteiger partial charge on any atom is -0.372 e. The Labute approximate surface area is 168 Å². The maximum atomic E-state index is 13.5. The highest BCUT2D eigenvalue weighted by atomic mass is 19.1. The van der Waals surface area contributed by atoms with Gasteiger partial charge < -0.3 is 9.80 Å². The molecule has 28 heavy (non-hydrogen) atoms. The van der Waals surface area contributed by atoms with Gasteiger partial charge in [-0.15, -0.1) is 0 Å². The molecule has 3 fully saturated rings. The van der Waals surface area contributed by atoms with Crippen molar-refractivity contribution in [2.24, 2.45) is 5.92 Å². The number of nitrogens with zero attached hydrogens (tertiary/aromatic N) is 3. The Bertz CT molecular complexity index is 660.